The van der Waals surface area contributed by atoms with Gasteiger partial charge in [0.15, 0.2) is 12.2 Å². The molecule has 0 aliphatic heterocycles. The zero-order chi connectivity index (χ0) is 71.7. The van der Waals surface area contributed by atoms with E-state index in [1.54, 1.807) is 0 Å². The summed E-state index contributed by atoms with van der Waals surface area (Å²) < 4.78 is 68.6. The molecular formula is C78H152O17P2. The first-order valence-electron chi connectivity index (χ1n) is 40.2. The third-order valence-electron chi connectivity index (χ3n) is 18.1. The van der Waals surface area contributed by atoms with E-state index in [4.69, 9.17) is 37.0 Å². The zero-order valence-electron chi connectivity index (χ0n) is 63.7. The Kier molecular flexibility index (Phi) is 65.9. The molecule has 0 aromatic heterocycles. The van der Waals surface area contributed by atoms with Gasteiger partial charge in [-0.1, -0.05) is 344 Å². The molecule has 3 unspecified atom stereocenters. The fourth-order valence-corrected chi connectivity index (χ4v) is 13.5. The van der Waals surface area contributed by atoms with Crippen molar-refractivity contribution in [2.75, 3.05) is 39.6 Å². The van der Waals surface area contributed by atoms with Crippen LogP contribution in [-0.4, -0.2) is 96.7 Å². The predicted octanol–water partition coefficient (Wildman–Crippen LogP) is 22.8. The minimum absolute atomic E-state index is 0.104. The third kappa shape index (κ3) is 72.2. The third-order valence-corrected chi connectivity index (χ3v) is 20.0. The topological polar surface area (TPSA) is 237 Å². The number of carbonyl (C=O) groups excluding carboxylic acids is 4. The first-order chi connectivity index (χ1) is 46.6. The highest BCUT2D eigenvalue weighted by molar-refractivity contribution is 7.47. The van der Waals surface area contributed by atoms with Crippen molar-refractivity contribution >= 4 is 39.5 Å². The summed E-state index contributed by atoms with van der Waals surface area (Å²) in [5, 5.41) is 10.6. The second-order valence-corrected chi connectivity index (χ2v) is 32.9. The van der Waals surface area contributed by atoms with E-state index in [0.717, 1.165) is 114 Å². The van der Waals surface area contributed by atoms with Crippen LogP contribution >= 0.6 is 15.6 Å². The van der Waals surface area contributed by atoms with Crippen LogP contribution in [0.15, 0.2) is 0 Å². The van der Waals surface area contributed by atoms with E-state index in [2.05, 4.69) is 55.4 Å². The van der Waals surface area contributed by atoms with E-state index in [-0.39, 0.29) is 25.7 Å². The summed E-state index contributed by atoms with van der Waals surface area (Å²) in [6, 6.07) is 0. The van der Waals surface area contributed by atoms with Gasteiger partial charge in [0.1, 0.15) is 19.3 Å². The van der Waals surface area contributed by atoms with Crippen molar-refractivity contribution in [2.24, 2.45) is 23.7 Å². The predicted molar refractivity (Wildman–Crippen MR) is 395 cm³/mol. The number of esters is 4. The molecule has 0 radical (unpaired) electrons. The lowest BCUT2D eigenvalue weighted by atomic mass is 10.0. The molecule has 0 rings (SSSR count). The standard InChI is InChI=1S/C78H152O17P2/c1-68(2)54-46-38-30-23-19-15-11-9-10-12-18-22-26-35-44-52-60-77(82)94-74(65-89-76(81)59-51-43-37-29-33-41-49-57-71(7)8)67-93-97(86,87)91-63-72(79)62-90-96(84,85)92-66-73(95-78(83)61-53-45-36-28-27-32-40-48-56-70(5)6)64-88-75(80)58-50-42-34-25-21-17-14-13-16-20-24-31-39-47-55-69(3)4/h68-74,79H,9-67H2,1-8H3,(H,84,85)(H,86,87)/t72?,73-,74-/m1/s1. The molecule has 0 aliphatic rings. The fourth-order valence-electron chi connectivity index (χ4n) is 11.9. The fraction of sp³-hybridized carbons (Fsp3) is 0.949. The molecule has 5 atom stereocenters. The monoisotopic (exact) mass is 1420 g/mol. The number of hydrogen-bond donors (Lipinski definition) is 3. The van der Waals surface area contributed by atoms with E-state index in [1.807, 2.05) is 0 Å². The lowest BCUT2D eigenvalue weighted by molar-refractivity contribution is -0.161. The molecule has 0 heterocycles. The summed E-state index contributed by atoms with van der Waals surface area (Å²) in [4.78, 5) is 72.8. The molecule has 0 aromatic rings. The van der Waals surface area contributed by atoms with Gasteiger partial charge in [0.25, 0.3) is 0 Å². The Bertz CT molecular complexity index is 1900. The molecular weight excluding hydrogens is 1270 g/mol. The summed E-state index contributed by atoms with van der Waals surface area (Å²) in [5.41, 5.74) is 0. The van der Waals surface area contributed by atoms with Crippen LogP contribution in [0.5, 0.6) is 0 Å². The van der Waals surface area contributed by atoms with Crippen LogP contribution in [0.2, 0.25) is 0 Å². The van der Waals surface area contributed by atoms with E-state index in [0.29, 0.717) is 31.6 Å². The maximum Gasteiger partial charge on any atom is 0.472 e. The van der Waals surface area contributed by atoms with Crippen LogP contribution in [0.4, 0.5) is 0 Å². The van der Waals surface area contributed by atoms with Gasteiger partial charge in [-0.2, -0.15) is 0 Å². The van der Waals surface area contributed by atoms with Crippen LogP contribution in [0.3, 0.4) is 0 Å². The minimum atomic E-state index is -4.96. The van der Waals surface area contributed by atoms with Gasteiger partial charge >= 0.3 is 39.5 Å². The van der Waals surface area contributed by atoms with Gasteiger partial charge < -0.3 is 33.8 Å². The van der Waals surface area contributed by atoms with Crippen molar-refractivity contribution < 1.29 is 80.2 Å². The molecule has 0 saturated heterocycles. The highest BCUT2D eigenvalue weighted by atomic mass is 31.2. The number of phosphoric acid groups is 2. The van der Waals surface area contributed by atoms with Crippen LogP contribution in [0.1, 0.15) is 396 Å². The molecule has 19 heteroatoms. The summed E-state index contributed by atoms with van der Waals surface area (Å²) >= 11 is 0. The van der Waals surface area contributed by atoms with E-state index >= 15 is 0 Å². The van der Waals surface area contributed by atoms with Crippen molar-refractivity contribution in [3.63, 3.8) is 0 Å². The van der Waals surface area contributed by atoms with Crippen molar-refractivity contribution in [3.05, 3.63) is 0 Å². The average molecular weight is 1420 g/mol. The second-order valence-electron chi connectivity index (χ2n) is 30.0. The number of ether oxygens (including phenoxy) is 4. The summed E-state index contributed by atoms with van der Waals surface area (Å²) in [6.07, 6.45) is 52.9. The number of carbonyl (C=O) groups is 4. The highest BCUT2D eigenvalue weighted by Crippen LogP contribution is 2.45. The number of aliphatic hydroxyl groups is 1. The lowest BCUT2D eigenvalue weighted by Crippen LogP contribution is -2.30. The Labute approximate surface area is 594 Å². The van der Waals surface area contributed by atoms with Crippen molar-refractivity contribution in [1.29, 1.82) is 0 Å². The largest absolute Gasteiger partial charge is 0.472 e. The number of phosphoric ester groups is 2. The SMILES string of the molecule is CC(C)CCCCCCCCCCCCCCCCCCC(=O)O[C@H](COC(=O)CCCCCCCCCC(C)C)COP(=O)(O)OCC(O)COP(=O)(O)OC[C@@H](COC(=O)CCCCCCCCCCCCCCCCC(C)C)OC(=O)CCCCCCCCCCC(C)C. The Morgan fingerprint density at radius 2 is 0.433 bits per heavy atom. The maximum absolute atomic E-state index is 13.1. The second kappa shape index (κ2) is 67.2. The Morgan fingerprint density at radius 3 is 0.639 bits per heavy atom. The quantitative estimate of drug-likeness (QED) is 0.0222. The Morgan fingerprint density at radius 1 is 0.258 bits per heavy atom. The van der Waals surface area contributed by atoms with Gasteiger partial charge in [-0.05, 0) is 49.4 Å². The van der Waals surface area contributed by atoms with Gasteiger partial charge in [0.2, 0.25) is 0 Å². The molecule has 3 N–H and O–H groups in total. The number of rotatable bonds is 75. The van der Waals surface area contributed by atoms with Crippen molar-refractivity contribution in [1.82, 2.24) is 0 Å². The molecule has 0 spiro atoms. The molecule has 17 nitrogen and oxygen atoms in total. The summed E-state index contributed by atoms with van der Waals surface area (Å²) in [5.74, 6) is 0.911. The minimum Gasteiger partial charge on any atom is -0.462 e. The van der Waals surface area contributed by atoms with Crippen molar-refractivity contribution in [3.8, 4) is 0 Å². The Hall–Kier alpha value is -1.94. The molecule has 0 amide bonds. The normalized spacial score (nSPS) is 14.1. The first kappa shape index (κ1) is 95.1. The molecule has 0 saturated carbocycles. The maximum atomic E-state index is 13.1. The van der Waals surface area contributed by atoms with Gasteiger partial charge in [0, 0.05) is 25.7 Å². The van der Waals surface area contributed by atoms with Gasteiger partial charge in [-0.3, -0.25) is 37.3 Å². The number of hydrogen-bond acceptors (Lipinski definition) is 15. The van der Waals surface area contributed by atoms with E-state index in [9.17, 15) is 43.2 Å². The smallest absolute Gasteiger partial charge is 0.462 e. The Balaban J connectivity index is 5.19. The first-order valence-corrected chi connectivity index (χ1v) is 43.2. The molecule has 97 heavy (non-hydrogen) atoms. The van der Waals surface area contributed by atoms with Gasteiger partial charge in [-0.15, -0.1) is 0 Å². The van der Waals surface area contributed by atoms with Gasteiger partial charge in [-0.25, -0.2) is 9.13 Å². The summed E-state index contributed by atoms with van der Waals surface area (Å²) in [7, 11) is -9.92. The average Bonchev–Trinajstić information content (AvgIpc) is 1.24. The number of aliphatic hydroxyl groups excluding tert-OH is 1. The summed E-state index contributed by atoms with van der Waals surface area (Å²) in [6.45, 7) is 14.2. The lowest BCUT2D eigenvalue weighted by Gasteiger charge is -2.21. The molecule has 576 valence electrons. The molecule has 0 fully saturated rings. The zero-order valence-corrected chi connectivity index (χ0v) is 65.5. The van der Waals surface area contributed by atoms with Crippen LogP contribution in [0, 0.1) is 23.7 Å². The highest BCUT2D eigenvalue weighted by Gasteiger charge is 2.30. The van der Waals surface area contributed by atoms with Crippen LogP contribution in [-0.2, 0) is 65.4 Å². The molecule has 0 aromatic carbocycles. The van der Waals surface area contributed by atoms with Gasteiger partial charge in [0.05, 0.1) is 26.4 Å². The number of unbranched alkanes of at least 4 members (excludes halogenated alkanes) is 41. The molecule has 0 aliphatic carbocycles. The molecule has 0 bridgehead atoms. The van der Waals surface area contributed by atoms with E-state index < -0.39 is 97.5 Å². The van der Waals surface area contributed by atoms with E-state index in [1.165, 1.54) is 193 Å². The van der Waals surface area contributed by atoms with Crippen molar-refractivity contribution in [2.45, 2.75) is 414 Å². The van der Waals surface area contributed by atoms with Crippen LogP contribution < -0.4 is 0 Å². The van der Waals surface area contributed by atoms with Crippen LogP contribution in [0.25, 0.3) is 0 Å².